The van der Waals surface area contributed by atoms with E-state index in [9.17, 15) is 0 Å². The van der Waals surface area contributed by atoms with Crippen LogP contribution < -0.4 is 11.1 Å². The van der Waals surface area contributed by atoms with Gasteiger partial charge in [0.25, 0.3) is 0 Å². The summed E-state index contributed by atoms with van der Waals surface area (Å²) in [6.07, 6.45) is 3.12. The molecule has 0 saturated carbocycles. The van der Waals surface area contributed by atoms with E-state index in [1.54, 1.807) is 6.20 Å². The second-order valence-electron chi connectivity index (χ2n) is 1.28. The Morgan fingerprint density at radius 3 is 2.67 bits per heavy atom. The Kier molecular flexibility index (Phi) is 4.12. The Labute approximate surface area is 67.7 Å². The lowest BCUT2D eigenvalue weighted by molar-refractivity contribution is 1.20. The molecule has 0 rings (SSSR count). The van der Waals surface area contributed by atoms with Crippen LogP contribution in [0.5, 0.6) is 0 Å². The maximum Gasteiger partial charge on any atom is 0.130 e. The molecule has 0 saturated heterocycles. The van der Waals surface area contributed by atoms with Crippen LogP contribution in [0.1, 0.15) is 0 Å². The number of halogens is 1. The molecule has 4 N–H and O–H groups in total. The summed E-state index contributed by atoms with van der Waals surface area (Å²) in [4.78, 5) is 0. The molecule has 0 radical (unpaired) electrons. The lowest BCUT2D eigenvalue weighted by Crippen LogP contribution is -2.10. The van der Waals surface area contributed by atoms with Crippen LogP contribution in [0.25, 0.3) is 0 Å². The van der Waals surface area contributed by atoms with Crippen molar-refractivity contribution in [2.24, 2.45) is 5.73 Å². The van der Waals surface area contributed by atoms with E-state index < -0.39 is 0 Å². The average molecular weight is 237 g/mol. The van der Waals surface area contributed by atoms with Gasteiger partial charge in [-0.25, -0.2) is 0 Å². The monoisotopic (exact) mass is 237 g/mol. The van der Waals surface area contributed by atoms with E-state index in [-0.39, 0.29) is 5.84 Å². The predicted octanol–water partition coefficient (Wildman–Crippen LogP) is 0.932. The van der Waals surface area contributed by atoms with E-state index in [0.29, 0.717) is 3.58 Å². The molecule has 0 spiro atoms. The minimum absolute atomic E-state index is 0.0601. The molecule has 9 heavy (non-hydrogen) atoms. The quantitative estimate of drug-likeness (QED) is 0.388. The highest BCUT2D eigenvalue weighted by Gasteiger charge is 1.90. The van der Waals surface area contributed by atoms with Crippen molar-refractivity contribution in [3.63, 3.8) is 0 Å². The minimum Gasteiger partial charge on any atom is -0.383 e. The zero-order valence-electron chi connectivity index (χ0n) is 4.82. The van der Waals surface area contributed by atoms with Crippen LogP contribution >= 0.6 is 22.6 Å². The Bertz CT molecular complexity index is 150. The van der Waals surface area contributed by atoms with Crippen molar-refractivity contribution in [3.8, 4) is 0 Å². The fraction of sp³-hybridized carbons (Fsp3) is 0. The van der Waals surface area contributed by atoms with E-state index in [4.69, 9.17) is 11.1 Å². The van der Waals surface area contributed by atoms with Gasteiger partial charge in [-0.3, -0.25) is 5.41 Å². The average Bonchev–Trinajstić information content (AvgIpc) is 1.82. The molecule has 0 unspecified atom stereocenters. The molecule has 0 aliphatic rings. The van der Waals surface area contributed by atoms with Crippen LogP contribution in [0.2, 0.25) is 0 Å². The molecule has 4 heteroatoms. The Morgan fingerprint density at radius 2 is 2.33 bits per heavy atom. The lowest BCUT2D eigenvalue weighted by Gasteiger charge is -1.92. The first-order valence-electron chi connectivity index (χ1n) is 2.25. The SMILES string of the molecule is C=CNC=C(I)C(=N)N. The van der Waals surface area contributed by atoms with E-state index in [1.165, 1.54) is 6.20 Å². The van der Waals surface area contributed by atoms with E-state index in [2.05, 4.69) is 11.9 Å². The van der Waals surface area contributed by atoms with Crippen molar-refractivity contribution in [1.29, 1.82) is 5.41 Å². The maximum atomic E-state index is 6.91. The largest absolute Gasteiger partial charge is 0.383 e. The van der Waals surface area contributed by atoms with E-state index >= 15 is 0 Å². The molecule has 0 atom stereocenters. The molecule has 0 aliphatic heterocycles. The number of rotatable bonds is 3. The summed E-state index contributed by atoms with van der Waals surface area (Å²) in [7, 11) is 0. The van der Waals surface area contributed by atoms with Crippen LogP contribution in [0, 0.1) is 5.41 Å². The third-order valence-corrected chi connectivity index (χ3v) is 1.48. The minimum atomic E-state index is 0.0601. The number of hydrogen-bond acceptors (Lipinski definition) is 2. The van der Waals surface area contributed by atoms with Crippen molar-refractivity contribution in [1.82, 2.24) is 5.32 Å². The van der Waals surface area contributed by atoms with E-state index in [1.807, 2.05) is 22.6 Å². The van der Waals surface area contributed by atoms with Gasteiger partial charge in [-0.1, -0.05) is 6.58 Å². The zero-order valence-corrected chi connectivity index (χ0v) is 6.97. The van der Waals surface area contributed by atoms with Gasteiger partial charge in [0.2, 0.25) is 0 Å². The number of hydrogen-bond donors (Lipinski definition) is 3. The number of nitrogens with one attached hydrogen (secondary N) is 2. The van der Waals surface area contributed by atoms with Gasteiger partial charge in [0, 0.05) is 6.20 Å². The fourth-order valence-corrected chi connectivity index (χ4v) is 0.390. The van der Waals surface area contributed by atoms with Crippen LogP contribution in [0.3, 0.4) is 0 Å². The standard InChI is InChI=1S/C5H8IN3/c1-2-9-3-4(6)5(7)8/h2-3,9H,1H2,(H3,7,8). The van der Waals surface area contributed by atoms with Gasteiger partial charge in [-0.15, -0.1) is 0 Å². The summed E-state index contributed by atoms with van der Waals surface area (Å²) >= 11 is 1.96. The predicted molar refractivity (Wildman–Crippen MR) is 47.3 cm³/mol. The molecule has 50 valence electrons. The van der Waals surface area contributed by atoms with Gasteiger partial charge < -0.3 is 11.1 Å². The van der Waals surface area contributed by atoms with Crippen molar-refractivity contribution in [2.45, 2.75) is 0 Å². The summed E-state index contributed by atoms with van der Waals surface area (Å²) in [5.41, 5.74) is 5.11. The van der Waals surface area contributed by atoms with Crippen LogP contribution in [-0.2, 0) is 0 Å². The second kappa shape index (κ2) is 4.37. The summed E-state index contributed by atoms with van der Waals surface area (Å²) in [6.45, 7) is 3.42. The number of nitrogens with two attached hydrogens (primary N) is 1. The Hall–Kier alpha value is -0.520. The molecule has 0 heterocycles. The highest BCUT2D eigenvalue weighted by Crippen LogP contribution is 2.01. The third kappa shape index (κ3) is 4.01. The highest BCUT2D eigenvalue weighted by molar-refractivity contribution is 14.1. The van der Waals surface area contributed by atoms with Crippen molar-refractivity contribution in [3.05, 3.63) is 22.6 Å². The first-order valence-corrected chi connectivity index (χ1v) is 3.33. The summed E-state index contributed by atoms with van der Waals surface area (Å²) in [5.74, 6) is 0.0601. The van der Waals surface area contributed by atoms with Crippen molar-refractivity contribution in [2.75, 3.05) is 0 Å². The highest BCUT2D eigenvalue weighted by atomic mass is 127. The van der Waals surface area contributed by atoms with Gasteiger partial charge in [-0.05, 0) is 28.8 Å². The summed E-state index contributed by atoms with van der Waals surface area (Å²) < 4.78 is 0.674. The topological polar surface area (TPSA) is 61.9 Å². The first-order chi connectivity index (χ1) is 4.18. The summed E-state index contributed by atoms with van der Waals surface area (Å²) in [6, 6.07) is 0. The van der Waals surface area contributed by atoms with Crippen molar-refractivity contribution >= 4 is 28.4 Å². The van der Waals surface area contributed by atoms with Gasteiger partial charge in [0.1, 0.15) is 5.84 Å². The molecule has 0 aromatic carbocycles. The Balaban J connectivity index is 3.83. The molecular weight excluding hydrogens is 229 g/mol. The number of amidine groups is 1. The molecule has 0 aromatic rings. The molecule has 0 fully saturated rings. The summed E-state index contributed by atoms with van der Waals surface area (Å²) in [5, 5.41) is 9.61. The fourth-order valence-electron chi connectivity index (χ4n) is 0.210. The van der Waals surface area contributed by atoms with Crippen LogP contribution in [-0.4, -0.2) is 5.84 Å². The normalized spacial score (nSPS) is 10.6. The van der Waals surface area contributed by atoms with Crippen LogP contribution in [0.4, 0.5) is 0 Å². The van der Waals surface area contributed by atoms with Gasteiger partial charge >= 0.3 is 0 Å². The second-order valence-corrected chi connectivity index (χ2v) is 2.44. The maximum absolute atomic E-state index is 6.91. The first kappa shape index (κ1) is 8.48. The third-order valence-electron chi connectivity index (χ3n) is 0.585. The van der Waals surface area contributed by atoms with Crippen LogP contribution in [0.15, 0.2) is 22.6 Å². The molecular formula is C5H8IN3. The molecule has 0 aromatic heterocycles. The smallest absolute Gasteiger partial charge is 0.130 e. The molecule has 0 amide bonds. The molecule has 0 bridgehead atoms. The lowest BCUT2D eigenvalue weighted by atomic mass is 10.6. The van der Waals surface area contributed by atoms with Gasteiger partial charge in [0.05, 0.1) is 3.58 Å². The molecule has 3 nitrogen and oxygen atoms in total. The van der Waals surface area contributed by atoms with Crippen molar-refractivity contribution < 1.29 is 0 Å². The van der Waals surface area contributed by atoms with E-state index in [0.717, 1.165) is 0 Å². The van der Waals surface area contributed by atoms with Gasteiger partial charge in [0.15, 0.2) is 0 Å². The molecule has 0 aliphatic carbocycles. The van der Waals surface area contributed by atoms with Gasteiger partial charge in [-0.2, -0.15) is 0 Å². The zero-order chi connectivity index (χ0) is 7.28. The Morgan fingerprint density at radius 1 is 1.78 bits per heavy atom.